The highest BCUT2D eigenvalue weighted by Gasteiger charge is 2.30. The highest BCUT2D eigenvalue weighted by molar-refractivity contribution is 5.50. The molecule has 3 nitrogen and oxygen atoms in total. The predicted octanol–water partition coefficient (Wildman–Crippen LogP) is 2.65. The first-order valence-corrected chi connectivity index (χ1v) is 5.53. The van der Waals surface area contributed by atoms with E-state index < -0.39 is 0 Å². The molecule has 1 unspecified atom stereocenters. The Labute approximate surface area is 91.1 Å². The summed E-state index contributed by atoms with van der Waals surface area (Å²) in [6.45, 7) is 4.66. The van der Waals surface area contributed by atoms with Gasteiger partial charge in [-0.2, -0.15) is 0 Å². The molecule has 1 heterocycles. The number of anilines is 2. The van der Waals surface area contributed by atoms with Gasteiger partial charge in [-0.25, -0.2) is 4.98 Å². The monoisotopic (exact) mass is 205 g/mol. The van der Waals surface area contributed by atoms with Crippen LogP contribution < -0.4 is 11.1 Å². The second-order valence-electron chi connectivity index (χ2n) is 5.22. The third-order valence-electron chi connectivity index (χ3n) is 3.12. The van der Waals surface area contributed by atoms with E-state index in [4.69, 9.17) is 5.73 Å². The van der Waals surface area contributed by atoms with E-state index in [0.717, 1.165) is 5.69 Å². The molecule has 0 saturated heterocycles. The van der Waals surface area contributed by atoms with Crippen molar-refractivity contribution in [1.82, 2.24) is 4.98 Å². The Morgan fingerprint density at radius 2 is 2.33 bits per heavy atom. The molecule has 3 N–H and O–H groups in total. The third kappa shape index (κ3) is 2.61. The van der Waals surface area contributed by atoms with Crippen LogP contribution in [0.4, 0.5) is 11.5 Å². The molecule has 0 aromatic carbocycles. The lowest BCUT2D eigenvalue weighted by Crippen LogP contribution is -2.17. The molecular formula is C12H19N3. The van der Waals surface area contributed by atoms with E-state index in [0.29, 0.717) is 17.3 Å². The molecule has 1 saturated carbocycles. The van der Waals surface area contributed by atoms with E-state index in [1.165, 1.54) is 19.3 Å². The highest BCUT2D eigenvalue weighted by Crippen LogP contribution is 2.38. The van der Waals surface area contributed by atoms with Crippen molar-refractivity contribution in [2.75, 3.05) is 11.1 Å². The Hall–Kier alpha value is -1.25. The van der Waals surface area contributed by atoms with Crippen LogP contribution in [0.25, 0.3) is 0 Å². The van der Waals surface area contributed by atoms with E-state index in [9.17, 15) is 0 Å². The van der Waals surface area contributed by atoms with Crippen LogP contribution in [0.1, 0.15) is 33.1 Å². The summed E-state index contributed by atoms with van der Waals surface area (Å²) in [6.07, 6.45) is 5.52. The summed E-state index contributed by atoms with van der Waals surface area (Å²) in [5, 5.41) is 3.52. The predicted molar refractivity (Wildman–Crippen MR) is 63.7 cm³/mol. The Morgan fingerprint density at radius 3 is 2.93 bits per heavy atom. The summed E-state index contributed by atoms with van der Waals surface area (Å²) in [7, 11) is 0. The molecule has 3 heteroatoms. The van der Waals surface area contributed by atoms with Gasteiger partial charge in [-0.05, 0) is 30.7 Å². The second-order valence-corrected chi connectivity index (χ2v) is 5.22. The molecule has 0 radical (unpaired) electrons. The van der Waals surface area contributed by atoms with Crippen LogP contribution in [0.2, 0.25) is 0 Å². The van der Waals surface area contributed by atoms with E-state index in [1.54, 1.807) is 6.20 Å². The standard InChI is InChI=1S/C12H19N3/c1-12(2)5-3-10(8-12)15-9-4-6-14-11(13)7-9/h4,6-7,10H,3,5,8H2,1-2H3,(H3,13,14,15). The number of pyridine rings is 1. The van der Waals surface area contributed by atoms with Crippen molar-refractivity contribution in [3.05, 3.63) is 18.3 Å². The van der Waals surface area contributed by atoms with Crippen molar-refractivity contribution in [3.63, 3.8) is 0 Å². The zero-order valence-corrected chi connectivity index (χ0v) is 9.46. The van der Waals surface area contributed by atoms with E-state index in [1.807, 2.05) is 12.1 Å². The minimum Gasteiger partial charge on any atom is -0.384 e. The van der Waals surface area contributed by atoms with Crippen molar-refractivity contribution in [1.29, 1.82) is 0 Å². The summed E-state index contributed by atoms with van der Waals surface area (Å²) in [6, 6.07) is 4.45. The molecule has 82 valence electrons. The van der Waals surface area contributed by atoms with Gasteiger partial charge in [0.1, 0.15) is 5.82 Å². The molecule has 0 aliphatic heterocycles. The van der Waals surface area contributed by atoms with Gasteiger partial charge in [0, 0.05) is 24.0 Å². The van der Waals surface area contributed by atoms with Gasteiger partial charge in [-0.1, -0.05) is 13.8 Å². The summed E-state index contributed by atoms with van der Waals surface area (Å²) in [4.78, 5) is 3.98. The Kier molecular flexibility index (Phi) is 2.55. The fourth-order valence-corrected chi connectivity index (χ4v) is 2.33. The van der Waals surface area contributed by atoms with Crippen LogP contribution in [0.5, 0.6) is 0 Å². The fourth-order valence-electron chi connectivity index (χ4n) is 2.33. The summed E-state index contributed by atoms with van der Waals surface area (Å²) in [5.74, 6) is 0.581. The maximum Gasteiger partial charge on any atom is 0.125 e. The van der Waals surface area contributed by atoms with Gasteiger partial charge in [0.15, 0.2) is 0 Å². The quantitative estimate of drug-likeness (QED) is 0.780. The second kappa shape index (κ2) is 3.72. The van der Waals surface area contributed by atoms with E-state index >= 15 is 0 Å². The molecule has 0 spiro atoms. The zero-order chi connectivity index (χ0) is 10.9. The number of rotatable bonds is 2. The average molecular weight is 205 g/mol. The smallest absolute Gasteiger partial charge is 0.125 e. The van der Waals surface area contributed by atoms with Crippen LogP contribution in [-0.4, -0.2) is 11.0 Å². The lowest BCUT2D eigenvalue weighted by molar-refractivity contribution is 0.378. The van der Waals surface area contributed by atoms with Crippen molar-refractivity contribution in [2.45, 2.75) is 39.2 Å². The van der Waals surface area contributed by atoms with Crippen molar-refractivity contribution < 1.29 is 0 Å². The number of hydrogen-bond acceptors (Lipinski definition) is 3. The van der Waals surface area contributed by atoms with E-state index in [2.05, 4.69) is 24.1 Å². The first-order chi connectivity index (χ1) is 7.05. The first kappa shape index (κ1) is 10.3. The van der Waals surface area contributed by atoms with Crippen LogP contribution >= 0.6 is 0 Å². The van der Waals surface area contributed by atoms with Crippen LogP contribution in [0.15, 0.2) is 18.3 Å². The van der Waals surface area contributed by atoms with Crippen LogP contribution in [0.3, 0.4) is 0 Å². The number of nitrogens with zero attached hydrogens (tertiary/aromatic N) is 1. The first-order valence-electron chi connectivity index (χ1n) is 5.53. The Bertz CT molecular complexity index is 346. The van der Waals surface area contributed by atoms with Gasteiger partial charge in [0.25, 0.3) is 0 Å². The molecule has 1 atom stereocenters. The topological polar surface area (TPSA) is 50.9 Å². The maximum absolute atomic E-state index is 5.64. The minimum absolute atomic E-state index is 0.482. The Balaban J connectivity index is 1.99. The maximum atomic E-state index is 5.64. The van der Waals surface area contributed by atoms with Crippen molar-refractivity contribution >= 4 is 11.5 Å². The van der Waals surface area contributed by atoms with E-state index in [-0.39, 0.29) is 0 Å². The van der Waals surface area contributed by atoms with Gasteiger partial charge in [-0.3, -0.25) is 0 Å². The molecule has 1 aromatic rings. The van der Waals surface area contributed by atoms with Gasteiger partial charge in [0.2, 0.25) is 0 Å². The normalized spacial score (nSPS) is 24.0. The number of aromatic nitrogens is 1. The summed E-state index contributed by atoms with van der Waals surface area (Å²) >= 11 is 0. The number of hydrogen-bond donors (Lipinski definition) is 2. The molecule has 1 aliphatic rings. The average Bonchev–Trinajstić information content (AvgIpc) is 2.45. The van der Waals surface area contributed by atoms with Gasteiger partial charge < -0.3 is 11.1 Å². The molecule has 15 heavy (non-hydrogen) atoms. The number of nitrogens with one attached hydrogen (secondary N) is 1. The largest absolute Gasteiger partial charge is 0.384 e. The molecule has 1 fully saturated rings. The summed E-state index contributed by atoms with van der Waals surface area (Å²) in [5.41, 5.74) is 7.21. The van der Waals surface area contributed by atoms with Gasteiger partial charge in [-0.15, -0.1) is 0 Å². The van der Waals surface area contributed by atoms with Gasteiger partial charge in [0.05, 0.1) is 0 Å². The van der Waals surface area contributed by atoms with Crippen molar-refractivity contribution in [2.24, 2.45) is 5.41 Å². The third-order valence-corrected chi connectivity index (χ3v) is 3.12. The number of nitrogens with two attached hydrogens (primary N) is 1. The fraction of sp³-hybridized carbons (Fsp3) is 0.583. The molecule has 1 aromatic heterocycles. The highest BCUT2D eigenvalue weighted by atomic mass is 14.9. The SMILES string of the molecule is CC1(C)CCC(Nc2ccnc(N)c2)C1. The summed E-state index contributed by atoms with van der Waals surface area (Å²) < 4.78 is 0. The molecule has 0 bridgehead atoms. The molecule has 2 rings (SSSR count). The molecule has 0 amide bonds. The molecular weight excluding hydrogens is 186 g/mol. The van der Waals surface area contributed by atoms with Crippen molar-refractivity contribution in [3.8, 4) is 0 Å². The minimum atomic E-state index is 0.482. The van der Waals surface area contributed by atoms with Crippen LogP contribution in [0, 0.1) is 5.41 Å². The Morgan fingerprint density at radius 1 is 1.53 bits per heavy atom. The lowest BCUT2D eigenvalue weighted by Gasteiger charge is -2.18. The van der Waals surface area contributed by atoms with Gasteiger partial charge >= 0.3 is 0 Å². The number of nitrogen functional groups attached to an aromatic ring is 1. The lowest BCUT2D eigenvalue weighted by atomic mass is 9.92. The molecule has 1 aliphatic carbocycles. The van der Waals surface area contributed by atoms with Crippen LogP contribution in [-0.2, 0) is 0 Å². The zero-order valence-electron chi connectivity index (χ0n) is 9.46.